The van der Waals surface area contributed by atoms with Gasteiger partial charge in [0.25, 0.3) is 0 Å². The van der Waals surface area contributed by atoms with Gasteiger partial charge in [0.2, 0.25) is 0 Å². The molecule has 0 N–H and O–H groups in total. The smallest absolute Gasteiger partial charge is 0.00455 e. The average molecular weight is 146 g/mol. The lowest BCUT2D eigenvalue weighted by molar-refractivity contribution is 0.496. The normalized spacial score (nSPS) is 28.8. The SMILES string of the molecule is C[C@@H](CC1C=CCC1)C1=C=C1. The number of rotatable bonds is 3. The van der Waals surface area contributed by atoms with Crippen LogP contribution in [0.4, 0.5) is 0 Å². The molecule has 0 saturated heterocycles. The van der Waals surface area contributed by atoms with Gasteiger partial charge in [0, 0.05) is 5.57 Å². The molecule has 0 aromatic heterocycles. The predicted molar refractivity (Wildman–Crippen MR) is 47.2 cm³/mol. The van der Waals surface area contributed by atoms with Gasteiger partial charge in [-0.05, 0) is 37.2 Å². The van der Waals surface area contributed by atoms with Crippen LogP contribution in [0.2, 0.25) is 0 Å². The Morgan fingerprint density at radius 3 is 3.09 bits per heavy atom. The van der Waals surface area contributed by atoms with Gasteiger partial charge in [0.15, 0.2) is 0 Å². The molecule has 0 saturated carbocycles. The fraction of sp³-hybridized carbons (Fsp3) is 0.545. The molecule has 0 bridgehead atoms. The molecule has 2 aliphatic carbocycles. The van der Waals surface area contributed by atoms with Crippen LogP contribution in [0.3, 0.4) is 0 Å². The first-order valence-electron chi connectivity index (χ1n) is 4.49. The number of allylic oxidation sites excluding steroid dienone is 3. The number of hydrogen-bond donors (Lipinski definition) is 0. The second kappa shape index (κ2) is 2.71. The van der Waals surface area contributed by atoms with E-state index < -0.39 is 0 Å². The van der Waals surface area contributed by atoms with Crippen LogP contribution in [-0.4, -0.2) is 0 Å². The van der Waals surface area contributed by atoms with Gasteiger partial charge in [0.05, 0.1) is 0 Å². The topological polar surface area (TPSA) is 0 Å². The van der Waals surface area contributed by atoms with E-state index in [1.165, 1.54) is 24.8 Å². The van der Waals surface area contributed by atoms with Crippen LogP contribution in [0.5, 0.6) is 0 Å². The summed E-state index contributed by atoms with van der Waals surface area (Å²) >= 11 is 0. The first-order chi connectivity index (χ1) is 5.36. The van der Waals surface area contributed by atoms with Crippen molar-refractivity contribution in [3.05, 3.63) is 29.5 Å². The van der Waals surface area contributed by atoms with Gasteiger partial charge in [-0.15, -0.1) is 5.73 Å². The highest BCUT2D eigenvalue weighted by molar-refractivity contribution is 5.33. The van der Waals surface area contributed by atoms with Gasteiger partial charge >= 0.3 is 0 Å². The minimum atomic E-state index is 0.753. The van der Waals surface area contributed by atoms with Gasteiger partial charge < -0.3 is 0 Å². The standard InChI is InChI=1S/C11H14/c1-9(11-6-7-11)8-10-4-2-3-5-10/h2,4,6,9-10H,3,5,8H2,1H3/t9-,10?/m0/s1. The summed E-state index contributed by atoms with van der Waals surface area (Å²) < 4.78 is 0. The summed E-state index contributed by atoms with van der Waals surface area (Å²) in [6.07, 6.45) is 10.8. The minimum Gasteiger partial charge on any atom is -0.115 e. The zero-order valence-electron chi connectivity index (χ0n) is 7.01. The van der Waals surface area contributed by atoms with E-state index in [1.54, 1.807) is 0 Å². The fourth-order valence-electron chi connectivity index (χ4n) is 1.80. The van der Waals surface area contributed by atoms with Crippen LogP contribution in [0.25, 0.3) is 0 Å². The molecule has 0 amide bonds. The maximum absolute atomic E-state index is 3.18. The Bertz CT molecular complexity index is 239. The van der Waals surface area contributed by atoms with Crippen molar-refractivity contribution in [3.8, 4) is 0 Å². The van der Waals surface area contributed by atoms with E-state index in [0.29, 0.717) is 0 Å². The van der Waals surface area contributed by atoms with Gasteiger partial charge in [0.1, 0.15) is 0 Å². The molecule has 0 aliphatic heterocycles. The van der Waals surface area contributed by atoms with Crippen molar-refractivity contribution in [1.82, 2.24) is 0 Å². The molecular weight excluding hydrogens is 132 g/mol. The Morgan fingerprint density at radius 2 is 2.55 bits per heavy atom. The van der Waals surface area contributed by atoms with Crippen LogP contribution in [0.1, 0.15) is 26.2 Å². The van der Waals surface area contributed by atoms with Crippen molar-refractivity contribution in [2.24, 2.45) is 11.8 Å². The molecule has 0 spiro atoms. The quantitative estimate of drug-likeness (QED) is 0.424. The highest BCUT2D eigenvalue weighted by Crippen LogP contribution is 2.30. The van der Waals surface area contributed by atoms with Crippen LogP contribution in [0.15, 0.2) is 29.5 Å². The van der Waals surface area contributed by atoms with Crippen molar-refractivity contribution >= 4 is 0 Å². The molecule has 0 aromatic carbocycles. The van der Waals surface area contributed by atoms with Crippen molar-refractivity contribution in [3.63, 3.8) is 0 Å². The molecule has 0 nitrogen and oxygen atoms in total. The Labute approximate surface area is 68.3 Å². The molecule has 2 rings (SSSR count). The van der Waals surface area contributed by atoms with Crippen LogP contribution < -0.4 is 0 Å². The van der Waals surface area contributed by atoms with E-state index in [9.17, 15) is 0 Å². The van der Waals surface area contributed by atoms with Crippen molar-refractivity contribution in [1.29, 1.82) is 0 Å². The third-order valence-electron chi connectivity index (χ3n) is 2.61. The molecule has 58 valence electrons. The van der Waals surface area contributed by atoms with Gasteiger partial charge in [-0.3, -0.25) is 0 Å². The van der Waals surface area contributed by atoms with E-state index >= 15 is 0 Å². The molecule has 0 heteroatoms. The number of hydrogen-bond acceptors (Lipinski definition) is 0. The lowest BCUT2D eigenvalue weighted by Crippen LogP contribution is -2.00. The van der Waals surface area contributed by atoms with Crippen molar-refractivity contribution in [2.45, 2.75) is 26.2 Å². The maximum atomic E-state index is 3.18. The first kappa shape index (κ1) is 6.94. The molecule has 0 aromatic rings. The summed E-state index contributed by atoms with van der Waals surface area (Å²) in [6.45, 7) is 2.30. The van der Waals surface area contributed by atoms with Crippen LogP contribution in [0, 0.1) is 11.8 Å². The monoisotopic (exact) mass is 146 g/mol. The zero-order chi connectivity index (χ0) is 7.68. The molecule has 0 radical (unpaired) electrons. The van der Waals surface area contributed by atoms with Gasteiger partial charge in [-0.25, -0.2) is 0 Å². The second-order valence-electron chi connectivity index (χ2n) is 3.65. The van der Waals surface area contributed by atoms with Crippen LogP contribution >= 0.6 is 0 Å². The largest absolute Gasteiger partial charge is 0.115 e. The summed E-state index contributed by atoms with van der Waals surface area (Å²) in [5.41, 5.74) is 4.63. The Balaban J connectivity index is 1.79. The Morgan fingerprint density at radius 1 is 1.73 bits per heavy atom. The minimum absolute atomic E-state index is 0.753. The van der Waals surface area contributed by atoms with Crippen LogP contribution in [-0.2, 0) is 0 Å². The average Bonchev–Trinajstić information content (AvgIpc) is 2.73. The summed E-state index contributed by atoms with van der Waals surface area (Å²) in [4.78, 5) is 0. The van der Waals surface area contributed by atoms with E-state index in [1.807, 2.05) is 0 Å². The van der Waals surface area contributed by atoms with Crippen molar-refractivity contribution < 1.29 is 0 Å². The molecule has 2 atom stereocenters. The third kappa shape index (κ3) is 1.64. The molecule has 0 fully saturated rings. The molecular formula is C11H14. The third-order valence-corrected chi connectivity index (χ3v) is 2.61. The summed E-state index contributed by atoms with van der Waals surface area (Å²) in [7, 11) is 0. The lowest BCUT2D eigenvalue weighted by atomic mass is 9.93. The molecule has 1 unspecified atom stereocenters. The zero-order valence-corrected chi connectivity index (χ0v) is 7.01. The summed E-state index contributed by atoms with van der Waals surface area (Å²) in [5, 5.41) is 0. The highest BCUT2D eigenvalue weighted by atomic mass is 14.2. The summed E-state index contributed by atoms with van der Waals surface area (Å²) in [6, 6.07) is 0. The van der Waals surface area contributed by atoms with E-state index in [2.05, 4.69) is 30.9 Å². The van der Waals surface area contributed by atoms with Gasteiger partial charge in [-0.1, -0.05) is 19.1 Å². The molecule has 2 aliphatic rings. The van der Waals surface area contributed by atoms with E-state index in [-0.39, 0.29) is 0 Å². The molecule has 11 heavy (non-hydrogen) atoms. The Hall–Kier alpha value is -0.740. The second-order valence-corrected chi connectivity index (χ2v) is 3.65. The Kier molecular flexibility index (Phi) is 1.71. The fourth-order valence-corrected chi connectivity index (χ4v) is 1.80. The summed E-state index contributed by atoms with van der Waals surface area (Å²) in [5.74, 6) is 1.61. The van der Waals surface area contributed by atoms with Gasteiger partial charge in [-0.2, -0.15) is 0 Å². The van der Waals surface area contributed by atoms with Crippen molar-refractivity contribution in [2.75, 3.05) is 0 Å². The molecule has 0 heterocycles. The highest BCUT2D eigenvalue weighted by Gasteiger charge is 2.17. The predicted octanol–water partition coefficient (Wildman–Crippen LogP) is 3.07. The first-order valence-corrected chi connectivity index (χ1v) is 4.49. The lowest BCUT2D eigenvalue weighted by Gasteiger charge is -2.11. The maximum Gasteiger partial charge on any atom is 0.00455 e. The van der Waals surface area contributed by atoms with E-state index in [0.717, 1.165) is 11.8 Å². The van der Waals surface area contributed by atoms with E-state index in [4.69, 9.17) is 0 Å².